The third-order valence-electron chi connectivity index (χ3n) is 3.00. The fraction of sp³-hybridized carbons (Fsp3) is 0.600. The van der Waals surface area contributed by atoms with Gasteiger partial charge in [-0.3, -0.25) is 9.88 Å². The van der Waals surface area contributed by atoms with Crippen LogP contribution in [0.2, 0.25) is 0 Å². The maximum Gasteiger partial charge on any atom is 0.0635 e. The van der Waals surface area contributed by atoms with E-state index in [9.17, 15) is 0 Å². The Balaban J connectivity index is 2.65. The number of pyridine rings is 1. The zero-order chi connectivity index (χ0) is 14.1. The molecular formula is C15H24N4. The van der Waals surface area contributed by atoms with Gasteiger partial charge in [-0.05, 0) is 32.4 Å². The van der Waals surface area contributed by atoms with Crippen molar-refractivity contribution < 1.29 is 0 Å². The Bertz CT molecular complexity index is 409. The third kappa shape index (κ3) is 5.71. The van der Waals surface area contributed by atoms with Crippen LogP contribution in [0, 0.1) is 11.3 Å². The Morgan fingerprint density at radius 3 is 2.89 bits per heavy atom. The first-order valence-electron chi connectivity index (χ1n) is 6.97. The van der Waals surface area contributed by atoms with Gasteiger partial charge >= 0.3 is 0 Å². The van der Waals surface area contributed by atoms with Crippen molar-refractivity contribution in [3.05, 3.63) is 24.0 Å². The maximum atomic E-state index is 8.70. The van der Waals surface area contributed by atoms with Gasteiger partial charge in [-0.1, -0.05) is 6.92 Å². The van der Waals surface area contributed by atoms with Gasteiger partial charge in [0.25, 0.3) is 0 Å². The molecule has 1 aromatic heterocycles. The summed E-state index contributed by atoms with van der Waals surface area (Å²) in [5, 5.41) is 12.1. The summed E-state index contributed by atoms with van der Waals surface area (Å²) in [4.78, 5) is 6.69. The average molecular weight is 260 g/mol. The molecule has 19 heavy (non-hydrogen) atoms. The van der Waals surface area contributed by atoms with E-state index < -0.39 is 0 Å². The molecule has 0 unspecified atom stereocenters. The molecule has 4 heteroatoms. The maximum absolute atomic E-state index is 8.70. The van der Waals surface area contributed by atoms with Gasteiger partial charge in [-0.25, -0.2) is 0 Å². The molecular weight excluding hydrogens is 236 g/mol. The number of hydrogen-bond acceptors (Lipinski definition) is 4. The van der Waals surface area contributed by atoms with E-state index in [4.69, 9.17) is 5.26 Å². The van der Waals surface area contributed by atoms with Crippen molar-refractivity contribution in [2.24, 2.45) is 0 Å². The summed E-state index contributed by atoms with van der Waals surface area (Å²) in [7, 11) is 0. The van der Waals surface area contributed by atoms with Gasteiger partial charge in [-0.2, -0.15) is 5.26 Å². The lowest BCUT2D eigenvalue weighted by Crippen LogP contribution is -2.31. The average Bonchev–Trinajstić information content (AvgIpc) is 2.41. The van der Waals surface area contributed by atoms with Crippen LogP contribution in [0.5, 0.6) is 0 Å². The molecule has 1 N–H and O–H groups in total. The molecule has 1 heterocycles. The molecule has 0 aromatic carbocycles. The van der Waals surface area contributed by atoms with E-state index in [-0.39, 0.29) is 0 Å². The Hall–Kier alpha value is -1.60. The first-order valence-corrected chi connectivity index (χ1v) is 6.97. The highest BCUT2D eigenvalue weighted by atomic mass is 15.1. The lowest BCUT2D eigenvalue weighted by atomic mass is 10.2. The molecule has 0 aliphatic heterocycles. The van der Waals surface area contributed by atoms with Crippen molar-refractivity contribution in [3.8, 4) is 6.07 Å². The largest absolute Gasteiger partial charge is 0.385 e. The van der Waals surface area contributed by atoms with Gasteiger partial charge in [0.1, 0.15) is 0 Å². The Morgan fingerprint density at radius 2 is 2.26 bits per heavy atom. The molecule has 104 valence electrons. The number of nitrogens with zero attached hydrogens (tertiary/aromatic N) is 3. The number of rotatable bonds is 8. The molecule has 1 aromatic rings. The molecule has 0 saturated carbocycles. The van der Waals surface area contributed by atoms with E-state index in [1.165, 1.54) is 0 Å². The second kappa shape index (κ2) is 8.49. The van der Waals surface area contributed by atoms with Crippen molar-refractivity contribution in [3.63, 3.8) is 0 Å². The molecule has 0 spiro atoms. The first kappa shape index (κ1) is 15.5. The van der Waals surface area contributed by atoms with Crippen molar-refractivity contribution in [1.29, 1.82) is 5.26 Å². The van der Waals surface area contributed by atoms with Gasteiger partial charge in [0.15, 0.2) is 0 Å². The highest BCUT2D eigenvalue weighted by Gasteiger charge is 2.10. The normalized spacial score (nSPS) is 10.7. The predicted octanol–water partition coefficient (Wildman–Crippen LogP) is 3.03. The minimum atomic E-state index is 0.419. The Labute approximate surface area is 116 Å². The minimum absolute atomic E-state index is 0.419. The number of nitrogens with one attached hydrogen (secondary N) is 1. The smallest absolute Gasteiger partial charge is 0.0635 e. The molecule has 0 saturated heterocycles. The third-order valence-corrected chi connectivity index (χ3v) is 3.00. The molecule has 1 rings (SSSR count). The van der Waals surface area contributed by atoms with Crippen LogP contribution in [0.1, 0.15) is 39.3 Å². The van der Waals surface area contributed by atoms with Crippen molar-refractivity contribution in [2.75, 3.05) is 18.4 Å². The highest BCUT2D eigenvalue weighted by Crippen LogP contribution is 2.12. The molecule has 0 aliphatic carbocycles. The first-order chi connectivity index (χ1) is 9.17. The SMILES string of the molecule is CCCNc1ccnc(CN(CCC#N)C(C)C)c1. The van der Waals surface area contributed by atoms with Gasteiger partial charge in [0.2, 0.25) is 0 Å². The second-order valence-electron chi connectivity index (χ2n) is 4.93. The lowest BCUT2D eigenvalue weighted by Gasteiger charge is -2.25. The summed E-state index contributed by atoms with van der Waals surface area (Å²) < 4.78 is 0. The van der Waals surface area contributed by atoms with Crippen LogP contribution < -0.4 is 5.32 Å². The molecule has 0 fully saturated rings. The van der Waals surface area contributed by atoms with Crippen LogP contribution in [0.4, 0.5) is 5.69 Å². The van der Waals surface area contributed by atoms with E-state index in [2.05, 4.69) is 48.1 Å². The minimum Gasteiger partial charge on any atom is -0.385 e. The quantitative estimate of drug-likeness (QED) is 0.780. The summed E-state index contributed by atoms with van der Waals surface area (Å²) in [6, 6.07) is 6.71. The molecule has 0 bridgehead atoms. The van der Waals surface area contributed by atoms with Crippen molar-refractivity contribution >= 4 is 5.69 Å². The zero-order valence-electron chi connectivity index (χ0n) is 12.2. The number of hydrogen-bond donors (Lipinski definition) is 1. The van der Waals surface area contributed by atoms with E-state index in [0.29, 0.717) is 12.5 Å². The topological polar surface area (TPSA) is 52.0 Å². The molecule has 0 amide bonds. The van der Waals surface area contributed by atoms with Crippen LogP contribution >= 0.6 is 0 Å². The summed E-state index contributed by atoms with van der Waals surface area (Å²) in [5.41, 5.74) is 2.17. The van der Waals surface area contributed by atoms with Crippen molar-refractivity contribution in [1.82, 2.24) is 9.88 Å². The molecule has 0 aliphatic rings. The Morgan fingerprint density at radius 1 is 1.47 bits per heavy atom. The van der Waals surface area contributed by atoms with Crippen molar-refractivity contribution in [2.45, 2.75) is 46.2 Å². The van der Waals surface area contributed by atoms with E-state index in [1.54, 1.807) is 0 Å². The van der Waals surface area contributed by atoms with Gasteiger partial charge < -0.3 is 5.32 Å². The standard InChI is InChI=1S/C15H24N4/c1-4-8-17-14-6-9-18-15(11-14)12-19(13(2)3)10-5-7-16/h6,9,11,13H,4-5,8,10,12H2,1-3H3,(H,17,18). The van der Waals surface area contributed by atoms with E-state index in [1.807, 2.05) is 12.3 Å². The predicted molar refractivity (Wildman–Crippen MR) is 78.8 cm³/mol. The summed E-state index contributed by atoms with van der Waals surface area (Å²) in [5.74, 6) is 0. The van der Waals surface area contributed by atoms with Gasteiger partial charge in [-0.15, -0.1) is 0 Å². The zero-order valence-corrected chi connectivity index (χ0v) is 12.2. The Kier molecular flexibility index (Phi) is 6.91. The highest BCUT2D eigenvalue weighted by molar-refractivity contribution is 5.43. The van der Waals surface area contributed by atoms with Crippen LogP contribution in [0.25, 0.3) is 0 Å². The number of anilines is 1. The molecule has 0 radical (unpaired) electrons. The number of nitriles is 1. The molecule has 0 atom stereocenters. The van der Waals surface area contributed by atoms with E-state index in [0.717, 1.165) is 37.4 Å². The second-order valence-corrected chi connectivity index (χ2v) is 4.93. The van der Waals surface area contributed by atoms with Crippen LogP contribution in [-0.4, -0.2) is 29.0 Å². The summed E-state index contributed by atoms with van der Waals surface area (Å²) in [6.45, 7) is 9.01. The fourth-order valence-electron chi connectivity index (χ4n) is 1.87. The monoisotopic (exact) mass is 260 g/mol. The van der Waals surface area contributed by atoms with Crippen LogP contribution in [-0.2, 0) is 6.54 Å². The van der Waals surface area contributed by atoms with Gasteiger partial charge in [0, 0.05) is 44.0 Å². The van der Waals surface area contributed by atoms with Crippen LogP contribution in [0.15, 0.2) is 18.3 Å². The summed E-state index contributed by atoms with van der Waals surface area (Å²) in [6.07, 6.45) is 3.51. The lowest BCUT2D eigenvalue weighted by molar-refractivity contribution is 0.215. The van der Waals surface area contributed by atoms with E-state index >= 15 is 0 Å². The molecule has 4 nitrogen and oxygen atoms in total. The number of aromatic nitrogens is 1. The van der Waals surface area contributed by atoms with Gasteiger partial charge in [0.05, 0.1) is 11.8 Å². The summed E-state index contributed by atoms with van der Waals surface area (Å²) >= 11 is 0. The van der Waals surface area contributed by atoms with Crippen LogP contribution in [0.3, 0.4) is 0 Å². The fourth-order valence-corrected chi connectivity index (χ4v) is 1.87.